The van der Waals surface area contributed by atoms with Crippen LogP contribution < -0.4 is 5.32 Å². The molecule has 198 valence electrons. The summed E-state index contributed by atoms with van der Waals surface area (Å²) in [4.78, 5) is 29.1. The van der Waals surface area contributed by atoms with Gasteiger partial charge in [-0.2, -0.15) is 26.3 Å². The molecule has 3 N–H and O–H groups in total. The Morgan fingerprint density at radius 1 is 0.606 bits per heavy atom. The van der Waals surface area contributed by atoms with Gasteiger partial charge in [0, 0.05) is 13.0 Å². The van der Waals surface area contributed by atoms with E-state index in [9.17, 15) is 31.1 Å². The molecule has 0 aromatic rings. The largest absolute Gasteiger partial charge is 0.490 e. The molecule has 0 unspecified atom stereocenters. The van der Waals surface area contributed by atoms with E-state index in [-0.39, 0.29) is 5.91 Å². The molecule has 0 aliphatic carbocycles. The second kappa shape index (κ2) is 21.8. The number of hydrogen-bond acceptors (Lipinski definition) is 3. The van der Waals surface area contributed by atoms with Crippen molar-refractivity contribution in [3.05, 3.63) is 0 Å². The van der Waals surface area contributed by atoms with Crippen molar-refractivity contribution in [1.29, 1.82) is 0 Å². The molecule has 0 saturated heterocycles. The Hall–Kier alpha value is -2.01. The van der Waals surface area contributed by atoms with Gasteiger partial charge < -0.3 is 15.5 Å². The fourth-order valence-electron chi connectivity index (χ4n) is 2.30. The number of halogens is 6. The van der Waals surface area contributed by atoms with Gasteiger partial charge >= 0.3 is 24.3 Å². The van der Waals surface area contributed by atoms with Crippen LogP contribution in [0.5, 0.6) is 0 Å². The van der Waals surface area contributed by atoms with Crippen LogP contribution >= 0.6 is 0 Å². The summed E-state index contributed by atoms with van der Waals surface area (Å²) in [6, 6.07) is 0. The minimum atomic E-state index is -5.08. The number of amides is 1. The van der Waals surface area contributed by atoms with Crippen LogP contribution in [0.4, 0.5) is 26.3 Å². The summed E-state index contributed by atoms with van der Waals surface area (Å²) in [5.74, 6) is -5.28. The van der Waals surface area contributed by atoms with Gasteiger partial charge in [-0.25, -0.2) is 9.59 Å². The number of rotatable bonds is 14. The van der Waals surface area contributed by atoms with Crippen molar-refractivity contribution < 1.29 is 50.9 Å². The van der Waals surface area contributed by atoms with Crippen molar-refractivity contribution in [2.75, 3.05) is 6.54 Å². The van der Waals surface area contributed by atoms with E-state index in [4.69, 9.17) is 19.8 Å². The molecule has 0 saturated carbocycles. The number of alkyl halides is 6. The first-order valence-corrected chi connectivity index (χ1v) is 11.1. The molecule has 0 aromatic heterocycles. The first kappa shape index (κ1) is 35.6. The van der Waals surface area contributed by atoms with Gasteiger partial charge in [0.25, 0.3) is 0 Å². The van der Waals surface area contributed by atoms with Gasteiger partial charge in [-0.05, 0) is 12.8 Å². The number of carboxylic acid groups (broad SMARTS) is 2. The highest BCUT2D eigenvalue weighted by Gasteiger charge is 2.38. The van der Waals surface area contributed by atoms with Gasteiger partial charge in [0.05, 0.1) is 0 Å². The molecule has 1 amide bonds. The lowest BCUT2D eigenvalue weighted by atomic mass is 10.1. The molecule has 0 aliphatic rings. The summed E-state index contributed by atoms with van der Waals surface area (Å²) < 4.78 is 63.5. The zero-order valence-electron chi connectivity index (χ0n) is 19.3. The predicted octanol–water partition coefficient (Wildman–Crippen LogP) is 6.48. The van der Waals surface area contributed by atoms with Gasteiger partial charge in [-0.3, -0.25) is 4.79 Å². The van der Waals surface area contributed by atoms with Crippen LogP contribution in [0.2, 0.25) is 0 Å². The zero-order chi connectivity index (χ0) is 26.3. The molecule has 0 spiro atoms. The van der Waals surface area contributed by atoms with Crippen molar-refractivity contribution >= 4 is 17.8 Å². The Morgan fingerprint density at radius 2 is 0.909 bits per heavy atom. The Kier molecular flexibility index (Phi) is 23.5. The van der Waals surface area contributed by atoms with E-state index in [0.29, 0.717) is 0 Å². The number of carboxylic acids is 2. The van der Waals surface area contributed by atoms with Gasteiger partial charge in [0.15, 0.2) is 0 Å². The highest BCUT2D eigenvalue weighted by Crippen LogP contribution is 2.14. The highest BCUT2D eigenvalue weighted by molar-refractivity contribution is 5.75. The fourth-order valence-corrected chi connectivity index (χ4v) is 2.30. The van der Waals surface area contributed by atoms with Crippen LogP contribution in [0.25, 0.3) is 0 Å². The number of hydrogen-bond donors (Lipinski definition) is 3. The standard InChI is InChI=1S/C17H35NO.2C2HF3O2/c1-3-5-6-7-8-9-10-11-12-13-14-15-17(19)18-16-4-2;2*3-2(4,5)1(6)7/h3-16H2,1-2H3,(H,18,19);2*(H,6,7). The molecule has 33 heavy (non-hydrogen) atoms. The Balaban J connectivity index is -0.000000524. The quantitative estimate of drug-likeness (QED) is 0.188. The van der Waals surface area contributed by atoms with E-state index in [0.717, 1.165) is 25.8 Å². The number of unbranched alkanes of at least 4 members (excludes halogenated alkanes) is 10. The lowest BCUT2D eigenvalue weighted by Gasteiger charge is -2.04. The first-order chi connectivity index (χ1) is 15.2. The van der Waals surface area contributed by atoms with Gasteiger partial charge in [0.2, 0.25) is 5.91 Å². The van der Waals surface area contributed by atoms with E-state index in [2.05, 4.69) is 19.2 Å². The second-order valence-electron chi connectivity index (χ2n) is 7.24. The molecule has 0 atom stereocenters. The molecular weight excluding hydrogens is 460 g/mol. The van der Waals surface area contributed by atoms with Gasteiger partial charge in [-0.15, -0.1) is 0 Å². The molecule has 0 bridgehead atoms. The molecule has 0 rings (SSSR count). The minimum absolute atomic E-state index is 0.234. The summed E-state index contributed by atoms with van der Waals surface area (Å²) in [6.45, 7) is 5.18. The third-order valence-corrected chi connectivity index (χ3v) is 4.06. The average Bonchev–Trinajstić information content (AvgIpc) is 2.70. The predicted molar refractivity (Wildman–Crippen MR) is 112 cm³/mol. The van der Waals surface area contributed by atoms with Crippen LogP contribution in [0.1, 0.15) is 97.3 Å². The molecular formula is C21H37F6NO5. The Morgan fingerprint density at radius 3 is 1.18 bits per heavy atom. The SMILES string of the molecule is CCCCCCCCCCCCCC(=O)NCCC.O=C(O)C(F)(F)F.O=C(O)C(F)(F)F. The van der Waals surface area contributed by atoms with Crippen LogP contribution in [0.15, 0.2) is 0 Å². The maximum absolute atomic E-state index is 11.4. The maximum atomic E-state index is 11.4. The van der Waals surface area contributed by atoms with Crippen LogP contribution in [-0.2, 0) is 14.4 Å². The maximum Gasteiger partial charge on any atom is 0.490 e. The normalized spacial score (nSPS) is 10.9. The van der Waals surface area contributed by atoms with E-state index in [1.807, 2.05) is 0 Å². The summed E-state index contributed by atoms with van der Waals surface area (Å²) in [7, 11) is 0. The molecule has 6 nitrogen and oxygen atoms in total. The first-order valence-electron chi connectivity index (χ1n) is 11.1. The molecule has 0 heterocycles. The number of carbonyl (C=O) groups is 3. The van der Waals surface area contributed by atoms with E-state index < -0.39 is 24.3 Å². The van der Waals surface area contributed by atoms with Crippen molar-refractivity contribution in [2.45, 2.75) is 110 Å². The third-order valence-electron chi connectivity index (χ3n) is 4.06. The van der Waals surface area contributed by atoms with Gasteiger partial charge in [0.1, 0.15) is 0 Å². The topological polar surface area (TPSA) is 104 Å². The van der Waals surface area contributed by atoms with Crippen LogP contribution in [0.3, 0.4) is 0 Å². The monoisotopic (exact) mass is 497 g/mol. The highest BCUT2D eigenvalue weighted by atomic mass is 19.4. The summed E-state index contributed by atoms with van der Waals surface area (Å²) in [5, 5.41) is 17.2. The molecule has 0 aliphatic heterocycles. The lowest BCUT2D eigenvalue weighted by molar-refractivity contribution is -0.193. The number of aliphatic carboxylic acids is 2. The van der Waals surface area contributed by atoms with Crippen molar-refractivity contribution in [2.24, 2.45) is 0 Å². The summed E-state index contributed by atoms with van der Waals surface area (Å²) in [6.07, 6.45) is 6.30. The van der Waals surface area contributed by atoms with Crippen LogP contribution in [-0.4, -0.2) is 47.0 Å². The van der Waals surface area contributed by atoms with E-state index >= 15 is 0 Å². The van der Waals surface area contributed by atoms with E-state index in [1.165, 1.54) is 64.2 Å². The van der Waals surface area contributed by atoms with Gasteiger partial charge in [-0.1, -0.05) is 78.1 Å². The average molecular weight is 498 g/mol. The van der Waals surface area contributed by atoms with Crippen LogP contribution in [0, 0.1) is 0 Å². The molecule has 0 radical (unpaired) electrons. The number of nitrogens with one attached hydrogen (secondary N) is 1. The summed E-state index contributed by atoms with van der Waals surface area (Å²) in [5.41, 5.74) is 0. The smallest absolute Gasteiger partial charge is 0.475 e. The second-order valence-corrected chi connectivity index (χ2v) is 7.24. The van der Waals surface area contributed by atoms with Crippen molar-refractivity contribution in [3.8, 4) is 0 Å². The minimum Gasteiger partial charge on any atom is -0.475 e. The Labute approximate surface area is 191 Å². The number of carbonyl (C=O) groups excluding carboxylic acids is 1. The van der Waals surface area contributed by atoms with E-state index in [1.54, 1.807) is 0 Å². The summed E-state index contributed by atoms with van der Waals surface area (Å²) >= 11 is 0. The zero-order valence-corrected chi connectivity index (χ0v) is 19.3. The fraction of sp³-hybridized carbons (Fsp3) is 0.857. The third kappa shape index (κ3) is 32.3. The van der Waals surface area contributed by atoms with Crippen molar-refractivity contribution in [1.82, 2.24) is 5.32 Å². The van der Waals surface area contributed by atoms with Crippen molar-refractivity contribution in [3.63, 3.8) is 0 Å². The molecule has 12 heteroatoms. The Bertz CT molecular complexity index is 486. The lowest BCUT2D eigenvalue weighted by Crippen LogP contribution is -2.23. The molecule has 0 fully saturated rings. The molecule has 0 aromatic carbocycles.